The summed E-state index contributed by atoms with van der Waals surface area (Å²) in [6.07, 6.45) is -9.08. The van der Waals surface area contributed by atoms with E-state index < -0.39 is 41.0 Å². The summed E-state index contributed by atoms with van der Waals surface area (Å²) in [6.45, 7) is 0. The predicted molar refractivity (Wildman–Crippen MR) is 62.4 cm³/mol. The average Bonchev–Trinajstić information content (AvgIpc) is 2.35. The zero-order valence-corrected chi connectivity index (χ0v) is 10.6. The summed E-state index contributed by atoms with van der Waals surface area (Å²) in [7, 11) is 1.21. The van der Waals surface area contributed by atoms with Crippen LogP contribution in [0.2, 0.25) is 0 Å². The van der Waals surface area contributed by atoms with Gasteiger partial charge in [0.05, 0.1) is 18.5 Å². The fraction of sp³-hybridized carbons (Fsp3) is 0.364. The molecule has 1 atom stereocenters. The molecule has 0 aliphatic carbocycles. The lowest BCUT2D eigenvalue weighted by Crippen LogP contribution is -2.36. The zero-order chi connectivity index (χ0) is 16.2. The molecular formula is C11H10F3NO6. The number of ether oxygens (including phenoxy) is 2. The van der Waals surface area contributed by atoms with Crippen molar-refractivity contribution in [1.82, 2.24) is 0 Å². The number of nitro benzene ring substituents is 1. The Morgan fingerprint density at radius 3 is 2.52 bits per heavy atom. The van der Waals surface area contributed by atoms with Crippen LogP contribution in [0.4, 0.5) is 18.9 Å². The van der Waals surface area contributed by atoms with Crippen molar-refractivity contribution in [2.75, 3.05) is 7.11 Å². The molecule has 1 N–H and O–H groups in total. The van der Waals surface area contributed by atoms with E-state index in [1.807, 2.05) is 0 Å². The Labute approximate surface area is 116 Å². The quantitative estimate of drug-likeness (QED) is 0.640. The molecule has 0 aliphatic heterocycles. The van der Waals surface area contributed by atoms with Crippen LogP contribution in [0.3, 0.4) is 0 Å². The molecule has 0 radical (unpaired) electrons. The Bertz CT molecular complexity index is 545. The van der Waals surface area contributed by atoms with Crippen LogP contribution in [-0.4, -0.2) is 35.4 Å². The molecule has 1 aromatic rings. The van der Waals surface area contributed by atoms with Crippen LogP contribution in [0.1, 0.15) is 6.42 Å². The first-order chi connectivity index (χ1) is 9.65. The van der Waals surface area contributed by atoms with Gasteiger partial charge in [0.1, 0.15) is 5.75 Å². The fourth-order valence-corrected chi connectivity index (χ4v) is 1.40. The Balaban J connectivity index is 3.17. The maximum Gasteiger partial charge on any atom is 0.426 e. The van der Waals surface area contributed by atoms with Crippen molar-refractivity contribution in [2.24, 2.45) is 0 Å². The highest BCUT2D eigenvalue weighted by Crippen LogP contribution is 2.35. The Kier molecular flexibility index (Phi) is 4.95. The third kappa shape index (κ3) is 4.51. The van der Waals surface area contributed by atoms with Crippen LogP contribution < -0.4 is 9.47 Å². The molecule has 1 unspecified atom stereocenters. The van der Waals surface area contributed by atoms with Crippen LogP contribution in [0, 0.1) is 10.1 Å². The highest BCUT2D eigenvalue weighted by atomic mass is 19.4. The van der Waals surface area contributed by atoms with Crippen molar-refractivity contribution in [2.45, 2.75) is 18.7 Å². The van der Waals surface area contributed by atoms with Gasteiger partial charge in [0.25, 0.3) is 0 Å². The first-order valence-electron chi connectivity index (χ1n) is 5.42. The maximum atomic E-state index is 12.7. The van der Waals surface area contributed by atoms with E-state index in [1.54, 1.807) is 0 Å². The fourth-order valence-electron chi connectivity index (χ4n) is 1.40. The molecule has 21 heavy (non-hydrogen) atoms. The minimum absolute atomic E-state index is 0.0341. The second-order valence-corrected chi connectivity index (χ2v) is 3.84. The number of hydrogen-bond acceptors (Lipinski definition) is 5. The van der Waals surface area contributed by atoms with E-state index in [-0.39, 0.29) is 5.75 Å². The smallest absolute Gasteiger partial charge is 0.426 e. The van der Waals surface area contributed by atoms with Gasteiger partial charge in [0.2, 0.25) is 11.9 Å². The molecule has 10 heteroatoms. The van der Waals surface area contributed by atoms with Crippen LogP contribution in [0.5, 0.6) is 11.5 Å². The molecule has 0 heterocycles. The first kappa shape index (κ1) is 16.5. The average molecular weight is 309 g/mol. The minimum atomic E-state index is -4.99. The lowest BCUT2D eigenvalue weighted by molar-refractivity contribution is -0.386. The largest absolute Gasteiger partial charge is 0.497 e. The lowest BCUT2D eigenvalue weighted by atomic mass is 10.2. The number of aliphatic carboxylic acids is 1. The highest BCUT2D eigenvalue weighted by molar-refractivity contribution is 5.67. The van der Waals surface area contributed by atoms with E-state index >= 15 is 0 Å². The molecule has 0 saturated carbocycles. The van der Waals surface area contributed by atoms with Gasteiger partial charge in [-0.2, -0.15) is 13.2 Å². The second-order valence-electron chi connectivity index (χ2n) is 3.84. The molecule has 0 aliphatic rings. The molecule has 0 amide bonds. The topological polar surface area (TPSA) is 98.9 Å². The molecule has 0 bridgehead atoms. The molecule has 1 aromatic carbocycles. The number of carbonyl (C=O) groups is 1. The molecule has 0 saturated heterocycles. The summed E-state index contributed by atoms with van der Waals surface area (Å²) in [5.74, 6) is -2.43. The van der Waals surface area contributed by atoms with E-state index in [9.17, 15) is 28.1 Å². The second kappa shape index (κ2) is 6.29. The van der Waals surface area contributed by atoms with Crippen molar-refractivity contribution >= 4 is 11.7 Å². The third-order valence-corrected chi connectivity index (χ3v) is 2.36. The Morgan fingerprint density at radius 1 is 1.48 bits per heavy atom. The van der Waals surface area contributed by atoms with Gasteiger partial charge in [-0.05, 0) is 6.07 Å². The number of benzene rings is 1. The number of carboxylic acids is 1. The van der Waals surface area contributed by atoms with Gasteiger partial charge in [-0.15, -0.1) is 0 Å². The normalized spacial score (nSPS) is 12.6. The molecule has 0 fully saturated rings. The number of nitrogens with zero attached hydrogens (tertiary/aromatic N) is 1. The zero-order valence-electron chi connectivity index (χ0n) is 10.6. The van der Waals surface area contributed by atoms with Gasteiger partial charge in [-0.1, -0.05) is 0 Å². The van der Waals surface area contributed by atoms with Crippen LogP contribution in [0.25, 0.3) is 0 Å². The van der Waals surface area contributed by atoms with Gasteiger partial charge in [0.15, 0.2) is 0 Å². The van der Waals surface area contributed by atoms with Gasteiger partial charge in [-0.25, -0.2) is 0 Å². The van der Waals surface area contributed by atoms with Crippen molar-refractivity contribution in [3.05, 3.63) is 28.3 Å². The Hall–Kier alpha value is -2.52. The highest BCUT2D eigenvalue weighted by Gasteiger charge is 2.44. The number of hydrogen-bond donors (Lipinski definition) is 1. The van der Waals surface area contributed by atoms with E-state index in [0.29, 0.717) is 0 Å². The number of carboxylic acid groups (broad SMARTS) is 1. The molecule has 0 aromatic heterocycles. The van der Waals surface area contributed by atoms with E-state index in [0.717, 1.165) is 12.1 Å². The first-order valence-corrected chi connectivity index (χ1v) is 5.42. The monoisotopic (exact) mass is 309 g/mol. The van der Waals surface area contributed by atoms with Crippen molar-refractivity contribution in [3.8, 4) is 11.5 Å². The third-order valence-electron chi connectivity index (χ3n) is 2.36. The minimum Gasteiger partial charge on any atom is -0.497 e. The number of methoxy groups -OCH3 is 1. The van der Waals surface area contributed by atoms with E-state index in [2.05, 4.69) is 4.74 Å². The number of rotatable bonds is 6. The molecule has 116 valence electrons. The lowest BCUT2D eigenvalue weighted by Gasteiger charge is -2.20. The van der Waals surface area contributed by atoms with Crippen molar-refractivity contribution in [3.63, 3.8) is 0 Å². The number of halogens is 3. The van der Waals surface area contributed by atoms with Gasteiger partial charge in [-0.3, -0.25) is 14.9 Å². The SMILES string of the molecule is COc1ccc([N+](=O)[O-])c(OC(CC(=O)O)C(F)(F)F)c1. The summed E-state index contributed by atoms with van der Waals surface area (Å²) in [6, 6.07) is 2.96. The summed E-state index contributed by atoms with van der Waals surface area (Å²) < 4.78 is 47.3. The predicted octanol–water partition coefficient (Wildman–Crippen LogP) is 2.39. The molecule has 1 rings (SSSR count). The molecule has 0 spiro atoms. The molecule has 7 nitrogen and oxygen atoms in total. The standard InChI is InChI=1S/C11H10F3NO6/c1-20-6-2-3-7(15(18)19)8(4-6)21-9(5-10(16)17)11(12,13)14/h2-4,9H,5H2,1H3,(H,16,17). The van der Waals surface area contributed by atoms with Crippen LogP contribution in [-0.2, 0) is 4.79 Å². The van der Waals surface area contributed by atoms with E-state index in [1.165, 1.54) is 13.2 Å². The van der Waals surface area contributed by atoms with E-state index in [4.69, 9.17) is 9.84 Å². The van der Waals surface area contributed by atoms with Crippen LogP contribution >= 0.6 is 0 Å². The van der Waals surface area contributed by atoms with Crippen molar-refractivity contribution < 1.29 is 37.5 Å². The Morgan fingerprint density at radius 2 is 2.10 bits per heavy atom. The summed E-state index contributed by atoms with van der Waals surface area (Å²) >= 11 is 0. The van der Waals surface area contributed by atoms with Crippen molar-refractivity contribution in [1.29, 1.82) is 0 Å². The van der Waals surface area contributed by atoms with Gasteiger partial charge >= 0.3 is 17.8 Å². The van der Waals surface area contributed by atoms with Gasteiger partial charge < -0.3 is 14.6 Å². The summed E-state index contributed by atoms with van der Waals surface area (Å²) in [5, 5.41) is 19.2. The van der Waals surface area contributed by atoms with Gasteiger partial charge in [0, 0.05) is 12.1 Å². The summed E-state index contributed by atoms with van der Waals surface area (Å²) in [4.78, 5) is 20.3. The summed E-state index contributed by atoms with van der Waals surface area (Å²) in [5.41, 5.74) is -0.726. The van der Waals surface area contributed by atoms with Crippen LogP contribution in [0.15, 0.2) is 18.2 Å². The maximum absolute atomic E-state index is 12.7. The molecular weight excluding hydrogens is 299 g/mol. The number of alkyl halides is 3. The number of nitro groups is 1.